The van der Waals surface area contributed by atoms with Gasteiger partial charge >= 0.3 is 0 Å². The van der Waals surface area contributed by atoms with Crippen molar-refractivity contribution in [2.24, 2.45) is 0 Å². The Balaban J connectivity index is 1.43. The monoisotopic (exact) mass is 379 g/mol. The van der Waals surface area contributed by atoms with Crippen molar-refractivity contribution in [3.8, 4) is 0 Å². The highest BCUT2D eigenvalue weighted by Crippen LogP contribution is 2.16. The van der Waals surface area contributed by atoms with Crippen molar-refractivity contribution in [3.05, 3.63) is 71.3 Å². The standard InChI is InChI=1S/C23H29N3O2/c1-17-8-6-7-11-20(17)16-26-14-12-21(13-15-26)25-22(27)18(2)24-23(28)19-9-4-3-5-10-19/h3-11,18,21H,12-16H2,1-2H3,(H,24,28)(H,25,27). The quantitative estimate of drug-likeness (QED) is 0.811. The topological polar surface area (TPSA) is 61.4 Å². The van der Waals surface area contributed by atoms with Crippen LogP contribution in [0.3, 0.4) is 0 Å². The molecular weight excluding hydrogens is 350 g/mol. The molecule has 0 radical (unpaired) electrons. The number of carbonyl (C=O) groups is 2. The first-order chi connectivity index (χ1) is 13.5. The zero-order valence-corrected chi connectivity index (χ0v) is 16.7. The fourth-order valence-electron chi connectivity index (χ4n) is 3.53. The minimum atomic E-state index is -0.558. The Hall–Kier alpha value is -2.66. The number of carbonyl (C=O) groups excluding carboxylic acids is 2. The molecule has 0 spiro atoms. The van der Waals surface area contributed by atoms with Gasteiger partial charge in [0.1, 0.15) is 6.04 Å². The molecule has 28 heavy (non-hydrogen) atoms. The summed E-state index contributed by atoms with van der Waals surface area (Å²) in [6, 6.07) is 17.0. The van der Waals surface area contributed by atoms with Gasteiger partial charge in [-0.1, -0.05) is 42.5 Å². The normalized spacial score (nSPS) is 16.4. The number of piperidine rings is 1. The number of likely N-dealkylation sites (tertiary alicyclic amines) is 1. The molecule has 1 atom stereocenters. The van der Waals surface area contributed by atoms with Gasteiger partial charge in [0.2, 0.25) is 5.91 Å². The predicted octanol–water partition coefficient (Wildman–Crippen LogP) is 2.89. The summed E-state index contributed by atoms with van der Waals surface area (Å²) < 4.78 is 0. The molecule has 5 heteroatoms. The van der Waals surface area contributed by atoms with E-state index in [1.54, 1.807) is 19.1 Å². The maximum atomic E-state index is 12.5. The van der Waals surface area contributed by atoms with Crippen LogP contribution in [0.25, 0.3) is 0 Å². The molecule has 1 saturated heterocycles. The first kappa shape index (κ1) is 20.1. The van der Waals surface area contributed by atoms with Crippen molar-refractivity contribution in [1.29, 1.82) is 0 Å². The summed E-state index contributed by atoms with van der Waals surface area (Å²) in [6.45, 7) is 6.75. The summed E-state index contributed by atoms with van der Waals surface area (Å²) in [6.07, 6.45) is 1.86. The van der Waals surface area contributed by atoms with Gasteiger partial charge in [0.25, 0.3) is 5.91 Å². The van der Waals surface area contributed by atoms with E-state index in [1.165, 1.54) is 11.1 Å². The van der Waals surface area contributed by atoms with Gasteiger partial charge in [-0.3, -0.25) is 14.5 Å². The van der Waals surface area contributed by atoms with E-state index < -0.39 is 6.04 Å². The molecule has 1 unspecified atom stereocenters. The van der Waals surface area contributed by atoms with Crippen molar-refractivity contribution in [3.63, 3.8) is 0 Å². The summed E-state index contributed by atoms with van der Waals surface area (Å²) in [5.41, 5.74) is 3.25. The van der Waals surface area contributed by atoms with Crippen molar-refractivity contribution in [2.75, 3.05) is 13.1 Å². The molecule has 2 amide bonds. The summed E-state index contributed by atoms with van der Waals surface area (Å²) in [5.74, 6) is -0.349. The summed E-state index contributed by atoms with van der Waals surface area (Å²) >= 11 is 0. The number of benzene rings is 2. The first-order valence-electron chi connectivity index (χ1n) is 9.96. The van der Waals surface area contributed by atoms with Gasteiger partial charge in [0, 0.05) is 31.2 Å². The lowest BCUT2D eigenvalue weighted by atomic mass is 10.0. The second-order valence-corrected chi connectivity index (χ2v) is 7.55. The van der Waals surface area contributed by atoms with E-state index in [4.69, 9.17) is 0 Å². The zero-order valence-electron chi connectivity index (χ0n) is 16.7. The average molecular weight is 380 g/mol. The lowest BCUT2D eigenvalue weighted by molar-refractivity contribution is -0.123. The number of aryl methyl sites for hydroxylation is 1. The molecule has 1 aliphatic heterocycles. The number of nitrogens with one attached hydrogen (secondary N) is 2. The Bertz CT molecular complexity index is 799. The third kappa shape index (κ3) is 5.42. The Morgan fingerprint density at radius 3 is 2.36 bits per heavy atom. The summed E-state index contributed by atoms with van der Waals surface area (Å²) in [5, 5.41) is 5.86. The van der Waals surface area contributed by atoms with Crippen LogP contribution in [0.2, 0.25) is 0 Å². The Morgan fingerprint density at radius 1 is 1.04 bits per heavy atom. The Labute approximate surface area is 167 Å². The van der Waals surface area contributed by atoms with E-state index in [0.29, 0.717) is 5.56 Å². The third-order valence-corrected chi connectivity index (χ3v) is 5.37. The minimum absolute atomic E-state index is 0.123. The molecule has 148 valence electrons. The summed E-state index contributed by atoms with van der Waals surface area (Å²) in [4.78, 5) is 27.1. The van der Waals surface area contributed by atoms with Gasteiger partial charge in [-0.25, -0.2) is 0 Å². The average Bonchev–Trinajstić information content (AvgIpc) is 2.71. The maximum absolute atomic E-state index is 12.5. The van der Waals surface area contributed by atoms with Crippen LogP contribution in [-0.4, -0.2) is 41.9 Å². The maximum Gasteiger partial charge on any atom is 0.251 e. The van der Waals surface area contributed by atoms with Crippen LogP contribution in [0.5, 0.6) is 0 Å². The molecule has 2 aromatic rings. The second kappa shape index (κ2) is 9.51. The van der Waals surface area contributed by atoms with Crippen molar-refractivity contribution in [1.82, 2.24) is 15.5 Å². The van der Waals surface area contributed by atoms with Crippen LogP contribution in [0.4, 0.5) is 0 Å². The van der Waals surface area contributed by atoms with Crippen LogP contribution in [-0.2, 0) is 11.3 Å². The van der Waals surface area contributed by atoms with Crippen molar-refractivity contribution >= 4 is 11.8 Å². The predicted molar refractivity (Wildman–Crippen MR) is 111 cm³/mol. The lowest BCUT2D eigenvalue weighted by Crippen LogP contribution is -2.51. The molecule has 1 aliphatic rings. The Kier molecular flexibility index (Phi) is 6.82. The fraction of sp³-hybridized carbons (Fsp3) is 0.391. The molecule has 2 N–H and O–H groups in total. The first-order valence-corrected chi connectivity index (χ1v) is 9.96. The van der Waals surface area contributed by atoms with Gasteiger partial charge < -0.3 is 10.6 Å². The Morgan fingerprint density at radius 2 is 1.68 bits per heavy atom. The van der Waals surface area contributed by atoms with Gasteiger partial charge in [0.15, 0.2) is 0 Å². The lowest BCUT2D eigenvalue weighted by Gasteiger charge is -2.33. The zero-order chi connectivity index (χ0) is 19.9. The van der Waals surface area contributed by atoms with Gasteiger partial charge in [-0.2, -0.15) is 0 Å². The summed E-state index contributed by atoms with van der Waals surface area (Å²) in [7, 11) is 0. The van der Waals surface area contributed by atoms with E-state index >= 15 is 0 Å². The van der Waals surface area contributed by atoms with Gasteiger partial charge in [-0.15, -0.1) is 0 Å². The highest BCUT2D eigenvalue weighted by Gasteiger charge is 2.24. The molecular formula is C23H29N3O2. The highest BCUT2D eigenvalue weighted by atomic mass is 16.2. The molecule has 2 aromatic carbocycles. The molecule has 5 nitrogen and oxygen atoms in total. The van der Waals surface area contributed by atoms with Crippen LogP contribution in [0, 0.1) is 6.92 Å². The second-order valence-electron chi connectivity index (χ2n) is 7.55. The third-order valence-electron chi connectivity index (χ3n) is 5.37. The van der Waals surface area contributed by atoms with Crippen LogP contribution in [0.1, 0.15) is 41.3 Å². The molecule has 0 aromatic heterocycles. The SMILES string of the molecule is Cc1ccccc1CN1CCC(NC(=O)C(C)NC(=O)c2ccccc2)CC1. The molecule has 3 rings (SSSR count). The van der Waals surface area contributed by atoms with Crippen LogP contribution < -0.4 is 10.6 Å². The van der Waals surface area contributed by atoms with Crippen molar-refractivity contribution < 1.29 is 9.59 Å². The number of nitrogens with zero attached hydrogens (tertiary/aromatic N) is 1. The molecule has 0 aliphatic carbocycles. The largest absolute Gasteiger partial charge is 0.351 e. The fourth-order valence-corrected chi connectivity index (χ4v) is 3.53. The van der Waals surface area contributed by atoms with E-state index in [2.05, 4.69) is 46.7 Å². The van der Waals surface area contributed by atoms with Gasteiger partial charge in [-0.05, 0) is 49.9 Å². The van der Waals surface area contributed by atoms with Crippen LogP contribution >= 0.6 is 0 Å². The number of rotatable bonds is 6. The minimum Gasteiger partial charge on any atom is -0.351 e. The number of amides is 2. The number of hydrogen-bond donors (Lipinski definition) is 2. The van der Waals surface area contributed by atoms with E-state index in [0.717, 1.165) is 32.5 Å². The van der Waals surface area contributed by atoms with Crippen molar-refractivity contribution in [2.45, 2.75) is 45.3 Å². The number of hydrogen-bond acceptors (Lipinski definition) is 3. The molecule has 0 bridgehead atoms. The highest BCUT2D eigenvalue weighted by molar-refractivity contribution is 5.97. The van der Waals surface area contributed by atoms with E-state index in [9.17, 15) is 9.59 Å². The van der Waals surface area contributed by atoms with Crippen LogP contribution in [0.15, 0.2) is 54.6 Å². The molecule has 1 fully saturated rings. The van der Waals surface area contributed by atoms with E-state index in [1.807, 2.05) is 18.2 Å². The molecule has 1 heterocycles. The molecule has 0 saturated carbocycles. The van der Waals surface area contributed by atoms with E-state index in [-0.39, 0.29) is 17.9 Å². The van der Waals surface area contributed by atoms with Gasteiger partial charge in [0.05, 0.1) is 0 Å². The smallest absolute Gasteiger partial charge is 0.251 e.